The Hall–Kier alpha value is -2.40. The Bertz CT molecular complexity index is 917. The minimum Gasteiger partial charge on any atom is -0.359 e. The van der Waals surface area contributed by atoms with E-state index in [4.69, 9.17) is 4.98 Å². The number of likely N-dealkylation sites (tertiary alicyclic amines) is 1. The molecule has 136 valence electrons. The van der Waals surface area contributed by atoms with Gasteiger partial charge in [-0.05, 0) is 32.4 Å². The third-order valence-corrected chi connectivity index (χ3v) is 5.36. The molecular weight excluding hydrogens is 322 g/mol. The van der Waals surface area contributed by atoms with E-state index in [0.717, 1.165) is 41.5 Å². The molecule has 0 amide bonds. The zero-order valence-electron chi connectivity index (χ0n) is 16.1. The van der Waals surface area contributed by atoms with Crippen molar-refractivity contribution in [3.8, 4) is 11.3 Å². The van der Waals surface area contributed by atoms with Gasteiger partial charge in [-0.15, -0.1) is 0 Å². The molecule has 1 saturated heterocycles. The third-order valence-electron chi connectivity index (χ3n) is 5.36. The Balaban J connectivity index is 1.75. The quantitative estimate of drug-likeness (QED) is 0.722. The van der Waals surface area contributed by atoms with E-state index in [-0.39, 0.29) is 0 Å². The van der Waals surface area contributed by atoms with Crippen LogP contribution in [0.3, 0.4) is 0 Å². The molecule has 5 nitrogen and oxygen atoms in total. The maximum atomic E-state index is 4.84. The summed E-state index contributed by atoms with van der Waals surface area (Å²) in [4.78, 5) is 9.60. The molecule has 5 heteroatoms. The van der Waals surface area contributed by atoms with Gasteiger partial charge in [0.1, 0.15) is 5.82 Å². The molecule has 0 spiro atoms. The lowest BCUT2D eigenvalue weighted by molar-refractivity contribution is 0.314. The summed E-state index contributed by atoms with van der Waals surface area (Å²) in [6, 6.07) is 14.6. The predicted molar refractivity (Wildman–Crippen MR) is 107 cm³/mol. The summed E-state index contributed by atoms with van der Waals surface area (Å²) in [6.07, 6.45) is 1.23. The van der Waals surface area contributed by atoms with Crippen LogP contribution in [-0.4, -0.2) is 53.2 Å². The summed E-state index contributed by atoms with van der Waals surface area (Å²) in [5, 5.41) is 4.68. The highest BCUT2D eigenvalue weighted by Gasteiger charge is 2.33. The number of aromatic nitrogens is 3. The Morgan fingerprint density at radius 1 is 1.19 bits per heavy atom. The van der Waals surface area contributed by atoms with E-state index in [1.54, 1.807) is 0 Å². The number of aryl methyl sites for hydroxylation is 1. The molecule has 0 unspecified atom stereocenters. The monoisotopic (exact) mass is 349 g/mol. The number of fused-ring (bicyclic) bond motifs is 1. The molecule has 1 aliphatic heterocycles. The van der Waals surface area contributed by atoms with Crippen LogP contribution in [0.15, 0.2) is 42.5 Å². The fourth-order valence-corrected chi connectivity index (χ4v) is 4.16. The van der Waals surface area contributed by atoms with Crippen LogP contribution in [0.2, 0.25) is 0 Å². The molecule has 26 heavy (non-hydrogen) atoms. The Morgan fingerprint density at radius 2 is 1.96 bits per heavy atom. The van der Waals surface area contributed by atoms with Gasteiger partial charge in [0.25, 0.3) is 0 Å². The Morgan fingerprint density at radius 3 is 2.65 bits per heavy atom. The van der Waals surface area contributed by atoms with Gasteiger partial charge in [0.15, 0.2) is 5.65 Å². The zero-order valence-corrected chi connectivity index (χ0v) is 16.1. The highest BCUT2D eigenvalue weighted by molar-refractivity contribution is 5.67. The molecule has 1 aromatic carbocycles. The SMILES string of the molecule is Cc1cc2nc(-c3ccccc3)cc(N(C)C[C@]3(C)CCN(C)C3)n2n1. The van der Waals surface area contributed by atoms with E-state index >= 15 is 0 Å². The minimum absolute atomic E-state index is 0.300. The summed E-state index contributed by atoms with van der Waals surface area (Å²) in [6.45, 7) is 7.72. The molecule has 4 rings (SSSR count). The van der Waals surface area contributed by atoms with Gasteiger partial charge in [-0.1, -0.05) is 37.3 Å². The van der Waals surface area contributed by atoms with Gasteiger partial charge >= 0.3 is 0 Å². The van der Waals surface area contributed by atoms with Crippen molar-refractivity contribution < 1.29 is 0 Å². The number of nitrogens with zero attached hydrogens (tertiary/aromatic N) is 5. The van der Waals surface area contributed by atoms with Crippen molar-refractivity contribution in [2.45, 2.75) is 20.3 Å². The van der Waals surface area contributed by atoms with Gasteiger partial charge < -0.3 is 9.80 Å². The van der Waals surface area contributed by atoms with E-state index in [1.165, 1.54) is 13.0 Å². The first-order valence-electron chi connectivity index (χ1n) is 9.26. The largest absolute Gasteiger partial charge is 0.359 e. The molecule has 3 heterocycles. The van der Waals surface area contributed by atoms with E-state index in [9.17, 15) is 0 Å². The van der Waals surface area contributed by atoms with Gasteiger partial charge in [0.2, 0.25) is 0 Å². The van der Waals surface area contributed by atoms with Crippen LogP contribution < -0.4 is 4.90 Å². The van der Waals surface area contributed by atoms with Gasteiger partial charge in [-0.3, -0.25) is 0 Å². The van der Waals surface area contributed by atoms with Gasteiger partial charge in [0.05, 0.1) is 11.4 Å². The van der Waals surface area contributed by atoms with Crippen LogP contribution in [0.25, 0.3) is 16.9 Å². The zero-order chi connectivity index (χ0) is 18.3. The second-order valence-corrected chi connectivity index (χ2v) is 8.08. The summed E-state index contributed by atoms with van der Waals surface area (Å²) in [7, 11) is 4.38. The van der Waals surface area contributed by atoms with Crippen molar-refractivity contribution in [1.29, 1.82) is 0 Å². The first-order valence-corrected chi connectivity index (χ1v) is 9.26. The summed E-state index contributed by atoms with van der Waals surface area (Å²) < 4.78 is 1.98. The summed E-state index contributed by atoms with van der Waals surface area (Å²) >= 11 is 0. The number of hydrogen-bond donors (Lipinski definition) is 0. The average Bonchev–Trinajstić information content (AvgIpc) is 3.15. The minimum atomic E-state index is 0.300. The lowest BCUT2D eigenvalue weighted by Crippen LogP contribution is -2.36. The molecule has 0 radical (unpaired) electrons. The summed E-state index contributed by atoms with van der Waals surface area (Å²) in [5.41, 5.74) is 4.32. The first-order chi connectivity index (χ1) is 12.4. The molecule has 0 aliphatic carbocycles. The average molecular weight is 349 g/mol. The smallest absolute Gasteiger partial charge is 0.158 e. The van der Waals surface area contributed by atoms with Crippen LogP contribution in [0, 0.1) is 12.3 Å². The predicted octanol–water partition coefficient (Wildman–Crippen LogP) is 3.48. The van der Waals surface area contributed by atoms with Crippen molar-refractivity contribution in [1.82, 2.24) is 19.5 Å². The molecule has 0 bridgehead atoms. The van der Waals surface area contributed by atoms with Gasteiger partial charge in [0, 0.05) is 37.8 Å². The second-order valence-electron chi connectivity index (χ2n) is 8.08. The molecule has 1 aliphatic rings. The maximum absolute atomic E-state index is 4.84. The molecule has 0 saturated carbocycles. The number of benzene rings is 1. The second kappa shape index (κ2) is 6.40. The topological polar surface area (TPSA) is 36.7 Å². The fraction of sp³-hybridized carbons (Fsp3) is 0.429. The van der Waals surface area contributed by atoms with Crippen molar-refractivity contribution >= 4 is 11.5 Å². The number of hydrogen-bond acceptors (Lipinski definition) is 4. The van der Waals surface area contributed by atoms with E-state index < -0.39 is 0 Å². The lowest BCUT2D eigenvalue weighted by Gasteiger charge is -2.31. The van der Waals surface area contributed by atoms with Gasteiger partial charge in [-0.25, -0.2) is 4.98 Å². The van der Waals surface area contributed by atoms with Crippen molar-refractivity contribution in [2.24, 2.45) is 5.41 Å². The highest BCUT2D eigenvalue weighted by atomic mass is 15.3. The van der Waals surface area contributed by atoms with Crippen LogP contribution in [0.4, 0.5) is 5.82 Å². The molecular formula is C21H27N5. The van der Waals surface area contributed by atoms with Crippen LogP contribution in [0.5, 0.6) is 0 Å². The van der Waals surface area contributed by atoms with Crippen molar-refractivity contribution in [3.05, 3.63) is 48.2 Å². The standard InChI is InChI=1S/C21H27N5/c1-16-12-19-22-18(17-8-6-5-7-9-17)13-20(26(19)23-16)25(4)15-21(2)10-11-24(3)14-21/h5-9,12-13H,10-11,14-15H2,1-4H3/t21-/m1/s1. The Labute approximate surface area is 155 Å². The third kappa shape index (κ3) is 3.19. The van der Waals surface area contributed by atoms with E-state index in [0.29, 0.717) is 5.41 Å². The summed E-state index contributed by atoms with van der Waals surface area (Å²) in [5.74, 6) is 1.10. The molecule has 3 aromatic rings. The number of rotatable bonds is 4. The first kappa shape index (κ1) is 17.0. The fourth-order valence-electron chi connectivity index (χ4n) is 4.16. The Kier molecular flexibility index (Phi) is 4.19. The van der Waals surface area contributed by atoms with Crippen molar-refractivity contribution in [2.75, 3.05) is 38.6 Å². The molecule has 1 atom stereocenters. The van der Waals surface area contributed by atoms with Crippen LogP contribution in [0.1, 0.15) is 19.0 Å². The van der Waals surface area contributed by atoms with Crippen molar-refractivity contribution in [3.63, 3.8) is 0 Å². The van der Waals surface area contributed by atoms with E-state index in [1.807, 2.05) is 17.5 Å². The maximum Gasteiger partial charge on any atom is 0.158 e. The van der Waals surface area contributed by atoms with Crippen LogP contribution >= 0.6 is 0 Å². The van der Waals surface area contributed by atoms with E-state index in [2.05, 4.69) is 72.3 Å². The normalized spacial score (nSPS) is 20.8. The number of anilines is 1. The molecule has 2 aromatic heterocycles. The van der Waals surface area contributed by atoms with Crippen LogP contribution in [-0.2, 0) is 0 Å². The molecule has 1 fully saturated rings. The van der Waals surface area contributed by atoms with Gasteiger partial charge in [-0.2, -0.15) is 9.61 Å². The lowest BCUT2D eigenvalue weighted by atomic mass is 9.89. The molecule has 0 N–H and O–H groups in total. The highest BCUT2D eigenvalue weighted by Crippen LogP contribution is 2.32.